The van der Waals surface area contributed by atoms with Crippen LogP contribution in [0.1, 0.15) is 10.5 Å². The zero-order valence-electron chi connectivity index (χ0n) is 10.2. The zero-order chi connectivity index (χ0) is 15.6. The van der Waals surface area contributed by atoms with Gasteiger partial charge in [0, 0.05) is 10.7 Å². The summed E-state index contributed by atoms with van der Waals surface area (Å²) in [5.41, 5.74) is 1.95. The summed E-state index contributed by atoms with van der Waals surface area (Å²) in [5.74, 6) is -2.85. The average Bonchev–Trinajstić information content (AvgIpc) is 2.85. The minimum Gasteiger partial charge on any atom is -0.356 e. The number of benzene rings is 1. The molecule has 0 bridgehead atoms. The van der Waals surface area contributed by atoms with E-state index in [1.54, 1.807) is 4.83 Å². The lowest BCUT2D eigenvalue weighted by molar-refractivity contribution is 0.0940. The molecule has 0 radical (unpaired) electrons. The van der Waals surface area contributed by atoms with Gasteiger partial charge in [0.15, 0.2) is 0 Å². The lowest BCUT2D eigenvalue weighted by Crippen LogP contribution is -2.42. The number of hydrogen-bond acceptors (Lipinski definition) is 3. The Morgan fingerprint density at radius 2 is 1.95 bits per heavy atom. The third kappa shape index (κ3) is 3.65. The normalized spacial score (nSPS) is 11.4. The minimum atomic E-state index is -4.43. The van der Waals surface area contributed by atoms with E-state index in [-0.39, 0.29) is 5.69 Å². The van der Waals surface area contributed by atoms with E-state index in [0.29, 0.717) is 16.6 Å². The molecular weight excluding hydrogens is 372 g/mol. The average molecular weight is 380 g/mol. The van der Waals surface area contributed by atoms with Gasteiger partial charge < -0.3 is 4.98 Å². The largest absolute Gasteiger partial charge is 0.356 e. The molecule has 2 aromatic rings. The summed E-state index contributed by atoms with van der Waals surface area (Å²) in [6.07, 6.45) is 1.47. The van der Waals surface area contributed by atoms with E-state index in [4.69, 9.17) is 0 Å². The van der Waals surface area contributed by atoms with Gasteiger partial charge in [-0.15, -0.1) is 4.83 Å². The highest BCUT2D eigenvalue weighted by atomic mass is 79.9. The Hall–Kier alpha value is -1.78. The maximum atomic E-state index is 13.4. The minimum absolute atomic E-state index is 0.0734. The molecule has 0 aliphatic heterocycles. The van der Waals surface area contributed by atoms with Crippen molar-refractivity contribution in [2.75, 3.05) is 0 Å². The van der Waals surface area contributed by atoms with Crippen LogP contribution >= 0.6 is 15.9 Å². The van der Waals surface area contributed by atoms with Gasteiger partial charge in [-0.05, 0) is 40.2 Å². The second-order valence-corrected chi connectivity index (χ2v) is 6.43. The van der Waals surface area contributed by atoms with E-state index in [2.05, 4.69) is 20.9 Å². The summed E-state index contributed by atoms with van der Waals surface area (Å²) >= 11 is 3.10. The molecule has 1 heterocycles. The van der Waals surface area contributed by atoms with E-state index in [9.17, 15) is 22.0 Å². The third-order valence-electron chi connectivity index (χ3n) is 2.37. The molecule has 2 rings (SSSR count). The van der Waals surface area contributed by atoms with Crippen LogP contribution in [-0.2, 0) is 10.0 Å². The molecule has 1 aromatic heterocycles. The van der Waals surface area contributed by atoms with Crippen molar-refractivity contribution in [1.29, 1.82) is 0 Å². The fourth-order valence-electron chi connectivity index (χ4n) is 1.42. The molecule has 3 N–H and O–H groups in total. The predicted octanol–water partition coefficient (Wildman–Crippen LogP) is 1.68. The number of amides is 1. The Bertz CT molecular complexity index is 792. The van der Waals surface area contributed by atoms with Crippen LogP contribution in [0.5, 0.6) is 0 Å². The Labute approximate surface area is 126 Å². The molecule has 1 amide bonds. The van der Waals surface area contributed by atoms with Gasteiger partial charge in [0.25, 0.3) is 15.9 Å². The Morgan fingerprint density at radius 1 is 1.24 bits per heavy atom. The smallest absolute Gasteiger partial charge is 0.282 e. The van der Waals surface area contributed by atoms with Gasteiger partial charge in [0.2, 0.25) is 0 Å². The molecule has 0 aliphatic carbocycles. The van der Waals surface area contributed by atoms with E-state index in [0.717, 1.165) is 6.07 Å². The first-order valence-electron chi connectivity index (χ1n) is 5.41. The number of aromatic amines is 1. The number of hydrogen-bond donors (Lipinski definition) is 3. The quantitative estimate of drug-likeness (QED) is 0.705. The van der Waals surface area contributed by atoms with Crippen molar-refractivity contribution >= 4 is 31.9 Å². The van der Waals surface area contributed by atoms with Crippen LogP contribution in [0.25, 0.3) is 0 Å². The summed E-state index contributed by atoms with van der Waals surface area (Å²) in [4.78, 5) is 15.0. The number of rotatable bonds is 4. The summed E-state index contributed by atoms with van der Waals surface area (Å²) in [6.45, 7) is 0. The molecular formula is C11H8BrF2N3O3S. The van der Waals surface area contributed by atoms with E-state index in [1.807, 2.05) is 5.43 Å². The monoisotopic (exact) mass is 379 g/mol. The van der Waals surface area contributed by atoms with Gasteiger partial charge in [-0.1, -0.05) is 0 Å². The van der Waals surface area contributed by atoms with Crippen molar-refractivity contribution < 1.29 is 22.0 Å². The van der Waals surface area contributed by atoms with Gasteiger partial charge in [-0.2, -0.15) is 0 Å². The highest BCUT2D eigenvalue weighted by Gasteiger charge is 2.21. The van der Waals surface area contributed by atoms with Crippen molar-refractivity contribution in [2.24, 2.45) is 0 Å². The standard InChI is InChI=1S/C11H8BrF2N3O3S/c12-6-3-9(15-5-6)11(18)16-17-21(19,20)10-4-7(13)1-2-8(10)14/h1-5,15,17H,(H,16,18). The number of nitrogens with one attached hydrogen (secondary N) is 3. The van der Waals surface area contributed by atoms with Gasteiger partial charge in [-0.3, -0.25) is 10.2 Å². The topological polar surface area (TPSA) is 91.1 Å². The number of hydrazine groups is 1. The molecule has 0 aliphatic rings. The van der Waals surface area contributed by atoms with Crippen molar-refractivity contribution in [1.82, 2.24) is 15.2 Å². The second-order valence-electron chi connectivity index (χ2n) is 3.87. The highest BCUT2D eigenvalue weighted by Crippen LogP contribution is 2.15. The second kappa shape index (κ2) is 5.92. The van der Waals surface area contributed by atoms with E-state index >= 15 is 0 Å². The Morgan fingerprint density at radius 3 is 2.57 bits per heavy atom. The molecule has 10 heteroatoms. The van der Waals surface area contributed by atoms with Crippen LogP contribution in [0.4, 0.5) is 8.78 Å². The van der Waals surface area contributed by atoms with E-state index < -0.39 is 32.5 Å². The fraction of sp³-hybridized carbons (Fsp3) is 0. The number of H-pyrrole nitrogens is 1. The lowest BCUT2D eigenvalue weighted by Gasteiger charge is -2.08. The van der Waals surface area contributed by atoms with Crippen LogP contribution in [0, 0.1) is 11.6 Å². The summed E-state index contributed by atoms with van der Waals surface area (Å²) in [6, 6.07) is 3.37. The molecule has 0 saturated carbocycles. The number of carbonyl (C=O) groups excluding carboxylic acids is 1. The first-order chi connectivity index (χ1) is 9.79. The van der Waals surface area contributed by atoms with Gasteiger partial charge in [0.05, 0.1) is 0 Å². The van der Waals surface area contributed by atoms with Crippen LogP contribution in [0.3, 0.4) is 0 Å². The number of aromatic nitrogens is 1. The molecule has 0 spiro atoms. The molecule has 0 unspecified atom stereocenters. The predicted molar refractivity (Wildman–Crippen MR) is 72.6 cm³/mol. The summed E-state index contributed by atoms with van der Waals surface area (Å²) in [5, 5.41) is 0. The molecule has 0 fully saturated rings. The Kier molecular flexibility index (Phi) is 4.40. The molecule has 1 aromatic carbocycles. The van der Waals surface area contributed by atoms with Crippen LogP contribution in [0.15, 0.2) is 39.8 Å². The first kappa shape index (κ1) is 15.6. The number of carbonyl (C=O) groups is 1. The maximum absolute atomic E-state index is 13.4. The summed E-state index contributed by atoms with van der Waals surface area (Å²) in [7, 11) is -4.43. The van der Waals surface area contributed by atoms with Gasteiger partial charge in [0.1, 0.15) is 22.2 Å². The van der Waals surface area contributed by atoms with Gasteiger partial charge >= 0.3 is 0 Å². The third-order valence-corrected chi connectivity index (χ3v) is 4.09. The number of sulfonamides is 1. The van der Waals surface area contributed by atoms with Gasteiger partial charge in [-0.25, -0.2) is 17.2 Å². The molecule has 112 valence electrons. The van der Waals surface area contributed by atoms with Crippen LogP contribution in [0.2, 0.25) is 0 Å². The SMILES string of the molecule is O=C(NNS(=O)(=O)c1cc(F)ccc1F)c1cc(Br)c[nH]1. The van der Waals surface area contributed by atoms with Crippen LogP contribution in [-0.4, -0.2) is 19.3 Å². The molecule has 6 nitrogen and oxygen atoms in total. The fourth-order valence-corrected chi connectivity index (χ4v) is 2.69. The number of halogens is 3. The highest BCUT2D eigenvalue weighted by molar-refractivity contribution is 9.10. The van der Waals surface area contributed by atoms with E-state index in [1.165, 1.54) is 12.3 Å². The Balaban J connectivity index is 2.15. The van der Waals surface area contributed by atoms with Crippen molar-refractivity contribution in [3.63, 3.8) is 0 Å². The summed E-state index contributed by atoms with van der Waals surface area (Å²) < 4.78 is 50.6. The molecule has 0 atom stereocenters. The van der Waals surface area contributed by atoms with Crippen molar-refractivity contribution in [3.05, 3.63) is 52.3 Å². The lowest BCUT2D eigenvalue weighted by atomic mass is 10.3. The zero-order valence-corrected chi connectivity index (χ0v) is 12.6. The van der Waals surface area contributed by atoms with Crippen LogP contribution < -0.4 is 10.3 Å². The maximum Gasteiger partial charge on any atom is 0.282 e. The first-order valence-corrected chi connectivity index (χ1v) is 7.68. The van der Waals surface area contributed by atoms with Crippen molar-refractivity contribution in [3.8, 4) is 0 Å². The molecule has 21 heavy (non-hydrogen) atoms. The van der Waals surface area contributed by atoms with Crippen molar-refractivity contribution in [2.45, 2.75) is 4.90 Å². The molecule has 0 saturated heterocycles.